The van der Waals surface area contributed by atoms with Crippen LogP contribution in [0.4, 0.5) is 0 Å². The number of imidazole rings is 1. The number of benzene rings is 2. The molecule has 0 saturated heterocycles. The first-order valence-electron chi connectivity index (χ1n) is 6.92. The molecule has 0 aliphatic rings. The number of H-pyrrole nitrogens is 1. The molecule has 4 nitrogen and oxygen atoms in total. The van der Waals surface area contributed by atoms with Crippen LogP contribution in [0, 0.1) is 0 Å². The monoisotopic (exact) mass is 279 g/mol. The van der Waals surface area contributed by atoms with Crippen molar-refractivity contribution in [3.63, 3.8) is 0 Å². The van der Waals surface area contributed by atoms with E-state index in [4.69, 9.17) is 0 Å². The fraction of sp³-hybridized carbons (Fsp3) is 0.176. The van der Waals surface area contributed by atoms with Crippen LogP contribution < -0.4 is 0 Å². The normalized spacial score (nSPS) is 12.3. The van der Waals surface area contributed by atoms with Crippen molar-refractivity contribution in [1.29, 1.82) is 0 Å². The summed E-state index contributed by atoms with van der Waals surface area (Å²) in [6, 6.07) is 15.6. The van der Waals surface area contributed by atoms with Gasteiger partial charge in [-0.2, -0.15) is 0 Å². The topological polar surface area (TPSA) is 49.0 Å². The number of hydrogen-bond acceptors (Lipinski definition) is 2. The molecule has 21 heavy (non-hydrogen) atoms. The van der Waals surface area contributed by atoms with Gasteiger partial charge in [0.2, 0.25) is 0 Å². The molecule has 1 N–H and O–H groups in total. The van der Waals surface area contributed by atoms with Crippen LogP contribution in [0.1, 0.15) is 28.9 Å². The molecule has 0 aliphatic carbocycles. The predicted molar refractivity (Wildman–Crippen MR) is 83.0 cm³/mol. The molecule has 0 radical (unpaired) electrons. The lowest BCUT2D eigenvalue weighted by Gasteiger charge is -2.25. The van der Waals surface area contributed by atoms with Gasteiger partial charge in [0.15, 0.2) is 0 Å². The minimum absolute atomic E-state index is 0.00264. The molecule has 4 heteroatoms. The summed E-state index contributed by atoms with van der Waals surface area (Å²) < 4.78 is 0. The zero-order valence-corrected chi connectivity index (χ0v) is 12.1. The maximum atomic E-state index is 12.6. The molecule has 1 atom stereocenters. The van der Waals surface area contributed by atoms with Crippen molar-refractivity contribution in [2.24, 2.45) is 0 Å². The Morgan fingerprint density at radius 1 is 1.19 bits per heavy atom. The molecule has 2 aromatic carbocycles. The number of nitrogens with zero attached hydrogens (tertiary/aromatic N) is 2. The van der Waals surface area contributed by atoms with Gasteiger partial charge in [0.1, 0.15) is 0 Å². The second-order valence-electron chi connectivity index (χ2n) is 5.14. The minimum Gasteiger partial charge on any atom is -0.345 e. The Morgan fingerprint density at radius 2 is 1.95 bits per heavy atom. The number of carbonyl (C=O) groups is 1. The highest BCUT2D eigenvalue weighted by molar-refractivity contribution is 5.97. The number of rotatable bonds is 3. The van der Waals surface area contributed by atoms with Gasteiger partial charge in [-0.15, -0.1) is 0 Å². The lowest BCUT2D eigenvalue weighted by atomic mass is 10.1. The molecule has 0 bridgehead atoms. The first-order chi connectivity index (χ1) is 10.2. The predicted octanol–water partition coefficient (Wildman–Crippen LogP) is 3.40. The van der Waals surface area contributed by atoms with E-state index < -0.39 is 0 Å². The summed E-state index contributed by atoms with van der Waals surface area (Å²) in [5, 5.41) is 0. The third-order valence-electron chi connectivity index (χ3n) is 3.85. The van der Waals surface area contributed by atoms with Gasteiger partial charge >= 0.3 is 0 Å². The number of hydrogen-bond donors (Lipinski definition) is 1. The molecule has 1 unspecified atom stereocenters. The van der Waals surface area contributed by atoms with E-state index in [2.05, 4.69) is 9.97 Å². The van der Waals surface area contributed by atoms with Crippen molar-refractivity contribution < 1.29 is 4.79 Å². The van der Waals surface area contributed by atoms with E-state index >= 15 is 0 Å². The zero-order chi connectivity index (χ0) is 14.8. The van der Waals surface area contributed by atoms with Gasteiger partial charge in [-0.1, -0.05) is 30.3 Å². The van der Waals surface area contributed by atoms with Crippen molar-refractivity contribution in [2.75, 3.05) is 7.05 Å². The molecule has 0 saturated carbocycles. The van der Waals surface area contributed by atoms with Gasteiger partial charge in [0.25, 0.3) is 5.91 Å². The van der Waals surface area contributed by atoms with Crippen molar-refractivity contribution in [2.45, 2.75) is 13.0 Å². The van der Waals surface area contributed by atoms with Gasteiger partial charge < -0.3 is 9.88 Å². The summed E-state index contributed by atoms with van der Waals surface area (Å²) in [4.78, 5) is 21.6. The second kappa shape index (κ2) is 5.40. The number of fused-ring (bicyclic) bond motifs is 1. The number of aromatic nitrogens is 2. The minimum atomic E-state index is 0.00264. The molecule has 1 amide bonds. The van der Waals surface area contributed by atoms with E-state index in [1.54, 1.807) is 11.2 Å². The third-order valence-corrected chi connectivity index (χ3v) is 3.85. The van der Waals surface area contributed by atoms with Crippen molar-refractivity contribution in [3.8, 4) is 0 Å². The van der Waals surface area contributed by atoms with Crippen LogP contribution in [-0.2, 0) is 0 Å². The number of amides is 1. The van der Waals surface area contributed by atoms with Crippen LogP contribution in [0.5, 0.6) is 0 Å². The first-order valence-corrected chi connectivity index (χ1v) is 6.92. The summed E-state index contributed by atoms with van der Waals surface area (Å²) in [5.41, 5.74) is 3.53. The summed E-state index contributed by atoms with van der Waals surface area (Å²) in [5.74, 6) is 0.00264. The summed E-state index contributed by atoms with van der Waals surface area (Å²) in [7, 11) is 1.83. The standard InChI is InChI=1S/C17H17N3O/c1-12(13-6-4-3-5-7-13)20(2)17(21)14-8-9-15-16(10-14)19-11-18-15/h3-12H,1-2H3,(H,18,19). The highest BCUT2D eigenvalue weighted by Gasteiger charge is 2.19. The SMILES string of the molecule is CC(c1ccccc1)N(C)C(=O)c1ccc2nc[nH]c2c1. The average Bonchev–Trinajstić information content (AvgIpc) is 3.01. The van der Waals surface area contributed by atoms with E-state index in [1.165, 1.54) is 0 Å². The highest BCUT2D eigenvalue weighted by Crippen LogP contribution is 2.21. The quantitative estimate of drug-likeness (QED) is 0.799. The van der Waals surface area contributed by atoms with Crippen molar-refractivity contribution in [3.05, 3.63) is 66.0 Å². The Morgan fingerprint density at radius 3 is 2.71 bits per heavy atom. The molecule has 0 fully saturated rings. The highest BCUT2D eigenvalue weighted by atomic mass is 16.2. The van der Waals surface area contributed by atoms with Crippen LogP contribution >= 0.6 is 0 Å². The molecule has 1 heterocycles. The molecule has 3 rings (SSSR count). The average molecular weight is 279 g/mol. The van der Waals surface area contributed by atoms with E-state index in [9.17, 15) is 4.79 Å². The zero-order valence-electron chi connectivity index (χ0n) is 12.1. The summed E-state index contributed by atoms with van der Waals surface area (Å²) in [6.45, 7) is 2.03. The number of nitrogens with one attached hydrogen (secondary N) is 1. The Hall–Kier alpha value is -2.62. The van der Waals surface area contributed by atoms with Crippen molar-refractivity contribution in [1.82, 2.24) is 14.9 Å². The maximum absolute atomic E-state index is 12.6. The molecular formula is C17H17N3O. The smallest absolute Gasteiger partial charge is 0.254 e. The van der Waals surface area contributed by atoms with E-state index in [-0.39, 0.29) is 11.9 Å². The van der Waals surface area contributed by atoms with Gasteiger partial charge in [-0.3, -0.25) is 4.79 Å². The number of carbonyl (C=O) groups excluding carboxylic acids is 1. The van der Waals surface area contributed by atoms with E-state index in [1.807, 2.05) is 62.5 Å². The largest absolute Gasteiger partial charge is 0.345 e. The van der Waals surface area contributed by atoms with E-state index in [0.29, 0.717) is 5.56 Å². The summed E-state index contributed by atoms with van der Waals surface area (Å²) in [6.07, 6.45) is 1.63. The maximum Gasteiger partial charge on any atom is 0.254 e. The molecular weight excluding hydrogens is 262 g/mol. The van der Waals surface area contributed by atoms with Gasteiger partial charge in [-0.25, -0.2) is 4.98 Å². The molecule has 1 aromatic heterocycles. The van der Waals surface area contributed by atoms with Gasteiger partial charge in [0.05, 0.1) is 23.4 Å². The van der Waals surface area contributed by atoms with Crippen LogP contribution in [0.3, 0.4) is 0 Å². The van der Waals surface area contributed by atoms with Crippen LogP contribution in [0.25, 0.3) is 11.0 Å². The van der Waals surface area contributed by atoms with Crippen LogP contribution in [-0.4, -0.2) is 27.8 Å². The van der Waals surface area contributed by atoms with Gasteiger partial charge in [0, 0.05) is 12.6 Å². The molecule has 0 spiro atoms. The fourth-order valence-electron chi connectivity index (χ4n) is 2.40. The van der Waals surface area contributed by atoms with Gasteiger partial charge in [-0.05, 0) is 30.7 Å². The molecule has 3 aromatic rings. The fourth-order valence-corrected chi connectivity index (χ4v) is 2.40. The summed E-state index contributed by atoms with van der Waals surface area (Å²) >= 11 is 0. The third kappa shape index (κ3) is 2.52. The lowest BCUT2D eigenvalue weighted by molar-refractivity contribution is 0.0743. The number of aromatic amines is 1. The second-order valence-corrected chi connectivity index (χ2v) is 5.14. The first kappa shape index (κ1) is 13.4. The molecule has 106 valence electrons. The molecule has 0 aliphatic heterocycles. The Kier molecular flexibility index (Phi) is 3.44. The van der Waals surface area contributed by atoms with Crippen molar-refractivity contribution >= 4 is 16.9 Å². The van der Waals surface area contributed by atoms with E-state index in [0.717, 1.165) is 16.6 Å². The Balaban J connectivity index is 1.86. The van der Waals surface area contributed by atoms with Crippen LogP contribution in [0.2, 0.25) is 0 Å². The lowest BCUT2D eigenvalue weighted by Crippen LogP contribution is -2.29. The Labute approximate surface area is 123 Å². The van der Waals surface area contributed by atoms with Crippen LogP contribution in [0.15, 0.2) is 54.9 Å². The Bertz CT molecular complexity index is 764.